The van der Waals surface area contributed by atoms with Crippen molar-refractivity contribution in [2.24, 2.45) is 5.92 Å². The molecule has 1 aliphatic heterocycles. The lowest BCUT2D eigenvalue weighted by atomic mass is 9.95. The lowest BCUT2D eigenvalue weighted by Crippen LogP contribution is -2.49. The van der Waals surface area contributed by atoms with Gasteiger partial charge in [0.15, 0.2) is 0 Å². The van der Waals surface area contributed by atoms with Gasteiger partial charge in [-0.05, 0) is 57.1 Å². The minimum atomic E-state index is -0.551. The second-order valence-electron chi connectivity index (χ2n) is 10.4. The Kier molecular flexibility index (Phi) is 9.29. The van der Waals surface area contributed by atoms with Crippen molar-refractivity contribution in [3.63, 3.8) is 0 Å². The van der Waals surface area contributed by atoms with Crippen molar-refractivity contribution in [1.82, 2.24) is 4.90 Å². The van der Waals surface area contributed by atoms with Gasteiger partial charge in [-0.1, -0.05) is 26.8 Å². The first-order chi connectivity index (χ1) is 15.8. The molecule has 1 amide bonds. The molecule has 190 valence electrons. The topological polar surface area (TPSA) is 102 Å². The second kappa shape index (κ2) is 11.5. The van der Waals surface area contributed by atoms with Crippen molar-refractivity contribution in [1.29, 1.82) is 0 Å². The van der Waals surface area contributed by atoms with Gasteiger partial charge in [-0.3, -0.25) is 14.9 Å². The molecule has 34 heavy (non-hydrogen) atoms. The third-order valence-corrected chi connectivity index (χ3v) is 5.89. The number of ether oxygens (including phenoxy) is 2. The second-order valence-corrected chi connectivity index (χ2v) is 10.4. The van der Waals surface area contributed by atoms with Crippen LogP contribution in [0.15, 0.2) is 18.2 Å². The Balaban J connectivity index is 2.27. The molecule has 1 atom stereocenters. The van der Waals surface area contributed by atoms with Gasteiger partial charge in [0.25, 0.3) is 5.69 Å². The number of rotatable bonds is 8. The smallest absolute Gasteiger partial charge is 0.410 e. The average Bonchev–Trinajstić information content (AvgIpc) is 2.75. The summed E-state index contributed by atoms with van der Waals surface area (Å²) in [6.45, 7) is 13.3. The third kappa shape index (κ3) is 7.60. The quantitative estimate of drug-likeness (QED) is 0.291. The van der Waals surface area contributed by atoms with E-state index in [-0.39, 0.29) is 41.1 Å². The number of carbonyl (C=O) groups excluding carboxylic acids is 2. The van der Waals surface area contributed by atoms with Crippen molar-refractivity contribution >= 4 is 23.4 Å². The highest BCUT2D eigenvalue weighted by Gasteiger charge is 2.32. The van der Waals surface area contributed by atoms with E-state index >= 15 is 0 Å². The maximum Gasteiger partial charge on any atom is 0.410 e. The Hall–Kier alpha value is -2.84. The molecule has 1 saturated heterocycles. The van der Waals surface area contributed by atoms with Gasteiger partial charge >= 0.3 is 12.1 Å². The number of piperidine rings is 1. The number of nitrogens with zero attached hydrogens (tertiary/aromatic N) is 3. The molecule has 1 aromatic carbocycles. The van der Waals surface area contributed by atoms with E-state index in [2.05, 4.69) is 18.7 Å². The van der Waals surface area contributed by atoms with Gasteiger partial charge in [-0.25, -0.2) is 4.79 Å². The van der Waals surface area contributed by atoms with E-state index in [4.69, 9.17) is 9.47 Å². The summed E-state index contributed by atoms with van der Waals surface area (Å²) in [5, 5.41) is 12.0. The van der Waals surface area contributed by atoms with Crippen LogP contribution in [-0.4, -0.2) is 60.3 Å². The first-order valence-electron chi connectivity index (χ1n) is 11.9. The van der Waals surface area contributed by atoms with Gasteiger partial charge in [0.2, 0.25) is 0 Å². The highest BCUT2D eigenvalue weighted by molar-refractivity contribution is 5.71. The van der Waals surface area contributed by atoms with Crippen molar-refractivity contribution in [2.75, 3.05) is 31.6 Å². The fraction of sp³-hybridized carbons (Fsp3) is 0.680. The van der Waals surface area contributed by atoms with Crippen molar-refractivity contribution in [3.8, 4) is 0 Å². The molecule has 0 bridgehead atoms. The number of hydrogen-bond acceptors (Lipinski definition) is 7. The number of carbonyl (C=O) groups is 2. The molecule has 2 rings (SSSR count). The Labute approximate surface area is 202 Å². The number of likely N-dealkylation sites (tertiary alicyclic amines) is 1. The minimum absolute atomic E-state index is 0.0319. The molecule has 1 heterocycles. The third-order valence-electron chi connectivity index (χ3n) is 5.89. The van der Waals surface area contributed by atoms with Crippen LogP contribution < -0.4 is 4.90 Å². The lowest BCUT2D eigenvalue weighted by Gasteiger charge is -2.40. The van der Waals surface area contributed by atoms with Crippen LogP contribution in [0.4, 0.5) is 16.2 Å². The van der Waals surface area contributed by atoms with E-state index < -0.39 is 5.60 Å². The summed E-state index contributed by atoms with van der Waals surface area (Å²) in [4.78, 5) is 39.6. The zero-order valence-corrected chi connectivity index (χ0v) is 21.5. The molecule has 0 aromatic heterocycles. The Morgan fingerprint density at radius 1 is 1.21 bits per heavy atom. The molecule has 9 heteroatoms. The molecule has 0 saturated carbocycles. The Morgan fingerprint density at radius 2 is 1.82 bits per heavy atom. The molecular weight excluding hydrogens is 438 g/mol. The van der Waals surface area contributed by atoms with E-state index in [1.165, 1.54) is 7.11 Å². The van der Waals surface area contributed by atoms with E-state index in [0.29, 0.717) is 44.1 Å². The zero-order valence-electron chi connectivity index (χ0n) is 21.5. The predicted octanol–water partition coefficient (Wildman–Crippen LogP) is 5.12. The monoisotopic (exact) mass is 477 g/mol. The van der Waals surface area contributed by atoms with E-state index in [0.717, 1.165) is 5.56 Å². The average molecular weight is 478 g/mol. The number of nitro benzene ring substituents is 1. The van der Waals surface area contributed by atoms with Crippen LogP contribution in [0.2, 0.25) is 0 Å². The fourth-order valence-corrected chi connectivity index (χ4v) is 4.21. The standard InChI is InChI=1S/C25H39N3O6/c1-17(2)16-27(20-10-12-26(13-11-20)24(30)34-25(4,5)6)21-9-8-19(15-22(21)28(31)32)18(3)14-23(29)33-7/h8-9,15,17-18,20H,10-14,16H2,1-7H3. The molecule has 0 N–H and O–H groups in total. The minimum Gasteiger partial charge on any atom is -0.469 e. The maximum atomic E-state index is 12.4. The first-order valence-corrected chi connectivity index (χ1v) is 11.9. The Bertz CT molecular complexity index is 872. The van der Waals surface area contributed by atoms with Gasteiger partial charge in [0.1, 0.15) is 11.3 Å². The summed E-state index contributed by atoms with van der Waals surface area (Å²) in [7, 11) is 1.33. The lowest BCUT2D eigenvalue weighted by molar-refractivity contribution is -0.384. The summed E-state index contributed by atoms with van der Waals surface area (Å²) in [5.74, 6) is -0.255. The van der Waals surface area contributed by atoms with Gasteiger partial charge in [0.05, 0.1) is 18.5 Å². The first kappa shape index (κ1) is 27.4. The molecule has 1 unspecified atom stereocenters. The number of hydrogen-bond donors (Lipinski definition) is 0. The van der Waals surface area contributed by atoms with E-state index in [1.54, 1.807) is 17.0 Å². The highest BCUT2D eigenvalue weighted by Crippen LogP contribution is 2.36. The van der Waals surface area contributed by atoms with Crippen LogP contribution in [0.5, 0.6) is 0 Å². The molecular formula is C25H39N3O6. The van der Waals surface area contributed by atoms with Gasteiger partial charge < -0.3 is 19.3 Å². The largest absolute Gasteiger partial charge is 0.469 e. The highest BCUT2D eigenvalue weighted by atomic mass is 16.6. The normalized spacial score (nSPS) is 15.7. The zero-order chi connectivity index (χ0) is 25.6. The van der Waals surface area contributed by atoms with E-state index in [1.807, 2.05) is 33.8 Å². The summed E-state index contributed by atoms with van der Waals surface area (Å²) in [6.07, 6.45) is 1.23. The number of amides is 1. The van der Waals surface area contributed by atoms with Crippen molar-refractivity contribution < 1.29 is 24.0 Å². The molecule has 9 nitrogen and oxygen atoms in total. The van der Waals surface area contributed by atoms with Crippen molar-refractivity contribution in [3.05, 3.63) is 33.9 Å². The maximum absolute atomic E-state index is 12.4. The SMILES string of the molecule is COC(=O)CC(C)c1ccc(N(CC(C)C)C2CCN(C(=O)OC(C)(C)C)CC2)c([N+](=O)[O-])c1. The molecule has 1 aliphatic rings. The number of nitro groups is 1. The molecule has 0 aliphatic carbocycles. The van der Waals surface area contributed by atoms with Crippen LogP contribution in [0.1, 0.15) is 72.3 Å². The van der Waals surface area contributed by atoms with Gasteiger partial charge in [-0.2, -0.15) is 0 Å². The van der Waals surface area contributed by atoms with Crippen LogP contribution >= 0.6 is 0 Å². The summed E-state index contributed by atoms with van der Waals surface area (Å²) < 4.78 is 10.2. The van der Waals surface area contributed by atoms with Crippen LogP contribution in [-0.2, 0) is 14.3 Å². The summed E-state index contributed by atoms with van der Waals surface area (Å²) in [5.41, 5.74) is 0.781. The van der Waals surface area contributed by atoms with Gasteiger partial charge in [-0.15, -0.1) is 0 Å². The number of anilines is 1. The molecule has 0 spiro atoms. The summed E-state index contributed by atoms with van der Waals surface area (Å²) in [6, 6.07) is 5.30. The number of methoxy groups -OCH3 is 1. The van der Waals surface area contributed by atoms with Crippen LogP contribution in [0.25, 0.3) is 0 Å². The summed E-state index contributed by atoms with van der Waals surface area (Å²) >= 11 is 0. The number of esters is 1. The van der Waals surface area contributed by atoms with Gasteiger partial charge in [0, 0.05) is 31.7 Å². The molecule has 1 fully saturated rings. The van der Waals surface area contributed by atoms with Crippen LogP contribution in [0.3, 0.4) is 0 Å². The number of benzene rings is 1. The van der Waals surface area contributed by atoms with Crippen molar-refractivity contribution in [2.45, 2.75) is 78.4 Å². The van der Waals surface area contributed by atoms with Crippen LogP contribution in [0, 0.1) is 16.0 Å². The fourth-order valence-electron chi connectivity index (χ4n) is 4.21. The Morgan fingerprint density at radius 3 is 2.32 bits per heavy atom. The van der Waals surface area contributed by atoms with E-state index in [9.17, 15) is 19.7 Å². The molecule has 0 radical (unpaired) electrons. The predicted molar refractivity (Wildman–Crippen MR) is 131 cm³/mol. The molecule has 1 aromatic rings.